The van der Waals surface area contributed by atoms with E-state index in [1.54, 1.807) is 4.90 Å². The third kappa shape index (κ3) is 4.44. The summed E-state index contributed by atoms with van der Waals surface area (Å²) in [6.07, 6.45) is 7.65. The van der Waals surface area contributed by atoms with Crippen molar-refractivity contribution in [2.75, 3.05) is 23.4 Å². The van der Waals surface area contributed by atoms with Gasteiger partial charge in [-0.1, -0.05) is 32.6 Å². The van der Waals surface area contributed by atoms with Gasteiger partial charge in [0.05, 0.1) is 5.69 Å². The van der Waals surface area contributed by atoms with Crippen molar-refractivity contribution in [2.45, 2.75) is 57.9 Å². The van der Waals surface area contributed by atoms with Crippen LogP contribution in [0.15, 0.2) is 18.2 Å². The average Bonchev–Trinajstić information content (AvgIpc) is 2.61. The van der Waals surface area contributed by atoms with Crippen LogP contribution in [0.25, 0.3) is 0 Å². The highest BCUT2D eigenvalue weighted by molar-refractivity contribution is 5.99. The lowest BCUT2D eigenvalue weighted by Gasteiger charge is -2.30. The number of amides is 3. The highest BCUT2D eigenvalue weighted by Gasteiger charge is 2.25. The zero-order chi connectivity index (χ0) is 17.6. The zero-order valence-electron chi connectivity index (χ0n) is 14.8. The standard InChI is InChI=1S/C19H27N3O3/c1-2-3-11-22-16-12-15(9-10-17(16)25-13-18(22)23)21-19(24)20-14-7-5-4-6-8-14/h9-10,12,14H,2-8,11,13H2,1H3,(H2,20,21,24). The second-order valence-electron chi connectivity index (χ2n) is 6.80. The first kappa shape index (κ1) is 17.6. The normalized spacial score (nSPS) is 17.6. The molecule has 2 aliphatic rings. The Hall–Kier alpha value is -2.24. The van der Waals surface area contributed by atoms with Gasteiger partial charge in [0.2, 0.25) is 0 Å². The van der Waals surface area contributed by atoms with Gasteiger partial charge in [-0.25, -0.2) is 4.79 Å². The predicted octanol–water partition coefficient (Wildman–Crippen LogP) is 3.67. The number of anilines is 2. The molecule has 3 amide bonds. The molecule has 1 aliphatic heterocycles. The molecule has 3 rings (SSSR count). The predicted molar refractivity (Wildman–Crippen MR) is 98.2 cm³/mol. The Kier molecular flexibility index (Phi) is 5.79. The fourth-order valence-electron chi connectivity index (χ4n) is 3.44. The smallest absolute Gasteiger partial charge is 0.319 e. The topological polar surface area (TPSA) is 70.7 Å². The number of carbonyl (C=O) groups excluding carboxylic acids is 2. The zero-order valence-corrected chi connectivity index (χ0v) is 14.8. The van der Waals surface area contributed by atoms with Gasteiger partial charge in [-0.05, 0) is 37.5 Å². The van der Waals surface area contributed by atoms with Crippen LogP contribution < -0.4 is 20.3 Å². The van der Waals surface area contributed by atoms with E-state index in [9.17, 15) is 9.59 Å². The van der Waals surface area contributed by atoms with Crippen LogP contribution in [0.5, 0.6) is 5.75 Å². The summed E-state index contributed by atoms with van der Waals surface area (Å²) in [6, 6.07) is 5.53. The molecule has 1 aliphatic carbocycles. The molecule has 0 radical (unpaired) electrons. The molecule has 0 saturated heterocycles. The number of nitrogens with one attached hydrogen (secondary N) is 2. The lowest BCUT2D eigenvalue weighted by Crippen LogP contribution is -2.40. The second kappa shape index (κ2) is 8.23. The summed E-state index contributed by atoms with van der Waals surface area (Å²) in [5.41, 5.74) is 1.41. The number of unbranched alkanes of at least 4 members (excludes halogenated alkanes) is 1. The molecule has 0 atom stereocenters. The number of carbonyl (C=O) groups is 2. The van der Waals surface area contributed by atoms with Crippen molar-refractivity contribution in [2.24, 2.45) is 0 Å². The summed E-state index contributed by atoms with van der Waals surface area (Å²) in [6.45, 7) is 2.84. The summed E-state index contributed by atoms with van der Waals surface area (Å²) in [5.74, 6) is 0.652. The van der Waals surface area contributed by atoms with Crippen molar-refractivity contribution in [3.05, 3.63) is 18.2 Å². The van der Waals surface area contributed by atoms with Crippen molar-refractivity contribution in [1.82, 2.24) is 5.32 Å². The molecule has 0 unspecified atom stereocenters. The monoisotopic (exact) mass is 345 g/mol. The first-order chi connectivity index (χ1) is 12.2. The van der Waals surface area contributed by atoms with Crippen LogP contribution in [0, 0.1) is 0 Å². The Morgan fingerprint density at radius 3 is 2.84 bits per heavy atom. The quantitative estimate of drug-likeness (QED) is 0.855. The first-order valence-electron chi connectivity index (χ1n) is 9.32. The van der Waals surface area contributed by atoms with E-state index in [1.165, 1.54) is 19.3 Å². The van der Waals surface area contributed by atoms with Crippen molar-refractivity contribution in [3.8, 4) is 5.75 Å². The molecule has 136 valence electrons. The molecule has 1 aromatic carbocycles. The number of urea groups is 1. The lowest BCUT2D eigenvalue weighted by molar-refractivity contribution is -0.121. The van der Waals surface area contributed by atoms with E-state index in [2.05, 4.69) is 17.6 Å². The van der Waals surface area contributed by atoms with E-state index < -0.39 is 0 Å². The van der Waals surface area contributed by atoms with Crippen LogP contribution in [-0.2, 0) is 4.79 Å². The van der Waals surface area contributed by atoms with E-state index in [4.69, 9.17) is 4.74 Å². The van der Waals surface area contributed by atoms with Gasteiger partial charge in [-0.2, -0.15) is 0 Å². The number of hydrogen-bond acceptors (Lipinski definition) is 3. The first-order valence-corrected chi connectivity index (χ1v) is 9.32. The third-order valence-electron chi connectivity index (χ3n) is 4.84. The Morgan fingerprint density at radius 2 is 2.08 bits per heavy atom. The van der Waals surface area contributed by atoms with Crippen LogP contribution in [0.2, 0.25) is 0 Å². The summed E-state index contributed by atoms with van der Waals surface area (Å²) in [4.78, 5) is 26.1. The number of hydrogen-bond donors (Lipinski definition) is 2. The van der Waals surface area contributed by atoms with Crippen molar-refractivity contribution >= 4 is 23.3 Å². The van der Waals surface area contributed by atoms with E-state index in [0.717, 1.165) is 31.4 Å². The largest absolute Gasteiger partial charge is 0.482 e. The van der Waals surface area contributed by atoms with Crippen LogP contribution in [0.4, 0.5) is 16.2 Å². The Morgan fingerprint density at radius 1 is 1.28 bits per heavy atom. The molecule has 6 nitrogen and oxygen atoms in total. The molecule has 1 saturated carbocycles. The Bertz CT molecular complexity index is 626. The van der Waals surface area contributed by atoms with Gasteiger partial charge < -0.3 is 20.3 Å². The highest BCUT2D eigenvalue weighted by atomic mass is 16.5. The molecule has 0 spiro atoms. The summed E-state index contributed by atoms with van der Waals surface area (Å²) >= 11 is 0. The van der Waals surface area contributed by atoms with Gasteiger partial charge in [0, 0.05) is 18.3 Å². The van der Waals surface area contributed by atoms with E-state index in [-0.39, 0.29) is 24.6 Å². The summed E-state index contributed by atoms with van der Waals surface area (Å²) < 4.78 is 5.51. The SMILES string of the molecule is CCCCN1C(=O)COc2ccc(NC(=O)NC3CCCCC3)cc21. The van der Waals surface area contributed by atoms with Gasteiger partial charge in [0.15, 0.2) is 6.61 Å². The molecule has 2 N–H and O–H groups in total. The molecule has 1 aromatic rings. The van der Waals surface area contributed by atoms with Crippen LogP contribution in [0.1, 0.15) is 51.9 Å². The summed E-state index contributed by atoms with van der Waals surface area (Å²) in [5, 5.41) is 5.93. The van der Waals surface area contributed by atoms with Gasteiger partial charge in [0.25, 0.3) is 5.91 Å². The van der Waals surface area contributed by atoms with Gasteiger partial charge in [-0.15, -0.1) is 0 Å². The second-order valence-corrected chi connectivity index (χ2v) is 6.80. The third-order valence-corrected chi connectivity index (χ3v) is 4.84. The van der Waals surface area contributed by atoms with E-state index >= 15 is 0 Å². The van der Waals surface area contributed by atoms with Crippen LogP contribution >= 0.6 is 0 Å². The van der Waals surface area contributed by atoms with Crippen LogP contribution in [-0.4, -0.2) is 31.1 Å². The molecular weight excluding hydrogens is 318 g/mol. The van der Waals surface area contributed by atoms with E-state index in [0.29, 0.717) is 18.0 Å². The van der Waals surface area contributed by atoms with Crippen LogP contribution in [0.3, 0.4) is 0 Å². The molecule has 0 aromatic heterocycles. The molecule has 0 bridgehead atoms. The van der Waals surface area contributed by atoms with E-state index in [1.807, 2.05) is 18.2 Å². The number of fused-ring (bicyclic) bond motifs is 1. The molecule has 1 fully saturated rings. The van der Waals surface area contributed by atoms with Crippen molar-refractivity contribution in [1.29, 1.82) is 0 Å². The maximum atomic E-state index is 12.2. The van der Waals surface area contributed by atoms with Gasteiger partial charge in [0.1, 0.15) is 5.75 Å². The maximum absolute atomic E-state index is 12.2. The maximum Gasteiger partial charge on any atom is 0.319 e. The molecular formula is C19H27N3O3. The summed E-state index contributed by atoms with van der Waals surface area (Å²) in [7, 11) is 0. The van der Waals surface area contributed by atoms with Crippen molar-refractivity contribution in [3.63, 3.8) is 0 Å². The number of rotatable bonds is 5. The lowest BCUT2D eigenvalue weighted by atomic mass is 9.96. The number of ether oxygens (including phenoxy) is 1. The number of nitrogens with zero attached hydrogens (tertiary/aromatic N) is 1. The highest BCUT2D eigenvalue weighted by Crippen LogP contribution is 2.34. The Balaban J connectivity index is 1.67. The van der Waals surface area contributed by atoms with Gasteiger partial charge in [-0.3, -0.25) is 4.79 Å². The number of benzene rings is 1. The van der Waals surface area contributed by atoms with Gasteiger partial charge >= 0.3 is 6.03 Å². The average molecular weight is 345 g/mol. The molecule has 6 heteroatoms. The molecule has 1 heterocycles. The fourth-order valence-corrected chi connectivity index (χ4v) is 3.44. The minimum absolute atomic E-state index is 0.0373. The minimum atomic E-state index is -0.185. The molecule has 25 heavy (non-hydrogen) atoms. The van der Waals surface area contributed by atoms with Crippen molar-refractivity contribution < 1.29 is 14.3 Å². The minimum Gasteiger partial charge on any atom is -0.482 e. The Labute approximate surface area is 148 Å². The fraction of sp³-hybridized carbons (Fsp3) is 0.579.